The highest BCUT2D eigenvalue weighted by atomic mass is 16.5. The normalized spacial score (nSPS) is 11.7. The lowest BCUT2D eigenvalue weighted by Gasteiger charge is -2.17. The molecule has 0 aromatic carbocycles. The highest BCUT2D eigenvalue weighted by molar-refractivity contribution is 5.34. The highest BCUT2D eigenvalue weighted by Gasteiger charge is 2.23. The number of nitrogens with zero attached hydrogens (tertiary/aromatic N) is 1. The second-order valence-corrected chi connectivity index (χ2v) is 3.56. The number of rotatable bonds is 3. The molecule has 1 aromatic rings. The molecule has 68 valence electrons. The van der Waals surface area contributed by atoms with Crippen molar-refractivity contribution >= 4 is 5.82 Å². The summed E-state index contributed by atoms with van der Waals surface area (Å²) >= 11 is 0. The molecule has 1 heterocycles. The van der Waals surface area contributed by atoms with E-state index in [0.717, 1.165) is 18.0 Å². The van der Waals surface area contributed by atoms with Crippen molar-refractivity contribution in [2.75, 3.05) is 12.4 Å². The minimum atomic E-state index is 0.0854. The standard InChI is InChI=1S/C9H16N2O/c1-5-9(2,3)7-6-8(10-4)11-12-7/h6H,5H2,1-4H3,(H,10,11). The molecule has 0 unspecified atom stereocenters. The molecule has 12 heavy (non-hydrogen) atoms. The van der Waals surface area contributed by atoms with Crippen LogP contribution in [-0.4, -0.2) is 12.2 Å². The zero-order valence-corrected chi connectivity index (χ0v) is 8.14. The van der Waals surface area contributed by atoms with Gasteiger partial charge in [-0.25, -0.2) is 0 Å². The van der Waals surface area contributed by atoms with E-state index in [4.69, 9.17) is 4.52 Å². The molecule has 0 bridgehead atoms. The summed E-state index contributed by atoms with van der Waals surface area (Å²) in [5.41, 5.74) is 0.0854. The summed E-state index contributed by atoms with van der Waals surface area (Å²) < 4.78 is 5.20. The predicted octanol–water partition coefficient (Wildman–Crippen LogP) is 2.40. The Morgan fingerprint density at radius 1 is 1.58 bits per heavy atom. The van der Waals surface area contributed by atoms with E-state index in [9.17, 15) is 0 Å². The van der Waals surface area contributed by atoms with E-state index >= 15 is 0 Å². The Labute approximate surface area is 73.1 Å². The van der Waals surface area contributed by atoms with Crippen LogP contribution < -0.4 is 5.32 Å². The maximum atomic E-state index is 5.20. The summed E-state index contributed by atoms with van der Waals surface area (Å²) in [6, 6.07) is 1.95. The first-order valence-electron chi connectivity index (χ1n) is 4.25. The van der Waals surface area contributed by atoms with Crippen LogP contribution in [0.15, 0.2) is 10.6 Å². The Bertz CT molecular complexity index is 253. The van der Waals surface area contributed by atoms with Crippen LogP contribution in [0.3, 0.4) is 0 Å². The van der Waals surface area contributed by atoms with Crippen LogP contribution in [0.2, 0.25) is 0 Å². The minimum Gasteiger partial charge on any atom is -0.370 e. The zero-order chi connectivity index (χ0) is 9.19. The molecule has 0 radical (unpaired) electrons. The number of hydrogen-bond donors (Lipinski definition) is 1. The molecule has 0 aliphatic carbocycles. The SMILES string of the molecule is CCC(C)(C)c1cc(NC)no1. The van der Waals surface area contributed by atoms with Crippen molar-refractivity contribution in [2.24, 2.45) is 0 Å². The van der Waals surface area contributed by atoms with E-state index in [1.54, 1.807) is 0 Å². The molecule has 0 spiro atoms. The molecular formula is C9H16N2O. The Kier molecular flexibility index (Phi) is 2.40. The van der Waals surface area contributed by atoms with E-state index in [1.165, 1.54) is 0 Å². The van der Waals surface area contributed by atoms with E-state index < -0.39 is 0 Å². The van der Waals surface area contributed by atoms with Crippen molar-refractivity contribution in [3.8, 4) is 0 Å². The van der Waals surface area contributed by atoms with Gasteiger partial charge in [-0.3, -0.25) is 0 Å². The van der Waals surface area contributed by atoms with Gasteiger partial charge in [-0.15, -0.1) is 0 Å². The summed E-state index contributed by atoms with van der Waals surface area (Å²) in [5.74, 6) is 1.74. The molecule has 0 saturated carbocycles. The number of hydrogen-bond acceptors (Lipinski definition) is 3. The van der Waals surface area contributed by atoms with E-state index in [-0.39, 0.29) is 5.41 Å². The summed E-state index contributed by atoms with van der Waals surface area (Å²) in [6.07, 6.45) is 1.05. The number of aromatic nitrogens is 1. The summed E-state index contributed by atoms with van der Waals surface area (Å²) in [5, 5.41) is 6.80. The van der Waals surface area contributed by atoms with Gasteiger partial charge in [-0.05, 0) is 6.42 Å². The fourth-order valence-electron chi connectivity index (χ4n) is 0.886. The zero-order valence-electron chi connectivity index (χ0n) is 8.14. The van der Waals surface area contributed by atoms with Crippen LogP contribution in [0, 0.1) is 0 Å². The fraction of sp³-hybridized carbons (Fsp3) is 0.667. The van der Waals surface area contributed by atoms with Gasteiger partial charge in [0.1, 0.15) is 5.76 Å². The Hall–Kier alpha value is -0.990. The van der Waals surface area contributed by atoms with Gasteiger partial charge in [0.05, 0.1) is 0 Å². The lowest BCUT2D eigenvalue weighted by Crippen LogP contribution is -2.13. The first-order valence-corrected chi connectivity index (χ1v) is 4.25. The Morgan fingerprint density at radius 3 is 2.67 bits per heavy atom. The van der Waals surface area contributed by atoms with Gasteiger partial charge in [0.25, 0.3) is 0 Å². The summed E-state index contributed by atoms with van der Waals surface area (Å²) in [6.45, 7) is 6.43. The van der Waals surface area contributed by atoms with Crippen LogP contribution in [0.1, 0.15) is 33.0 Å². The first-order chi connectivity index (χ1) is 5.60. The minimum absolute atomic E-state index is 0.0854. The first kappa shape index (κ1) is 9.10. The van der Waals surface area contributed by atoms with Gasteiger partial charge in [0.15, 0.2) is 5.82 Å². The lowest BCUT2D eigenvalue weighted by atomic mass is 9.87. The number of anilines is 1. The molecule has 0 atom stereocenters. The molecule has 0 aliphatic rings. The van der Waals surface area contributed by atoms with Gasteiger partial charge in [0, 0.05) is 18.5 Å². The second-order valence-electron chi connectivity index (χ2n) is 3.56. The monoisotopic (exact) mass is 168 g/mol. The third-order valence-corrected chi connectivity index (χ3v) is 2.32. The highest BCUT2D eigenvalue weighted by Crippen LogP contribution is 2.27. The topological polar surface area (TPSA) is 38.1 Å². The van der Waals surface area contributed by atoms with Crippen molar-refractivity contribution < 1.29 is 4.52 Å². The van der Waals surface area contributed by atoms with E-state index in [1.807, 2.05) is 13.1 Å². The van der Waals surface area contributed by atoms with Gasteiger partial charge in [-0.2, -0.15) is 0 Å². The maximum absolute atomic E-state index is 5.20. The van der Waals surface area contributed by atoms with Gasteiger partial charge in [0.2, 0.25) is 0 Å². The molecule has 1 N–H and O–H groups in total. The molecule has 0 amide bonds. The summed E-state index contributed by atoms with van der Waals surface area (Å²) in [7, 11) is 1.83. The van der Waals surface area contributed by atoms with E-state index in [2.05, 4.69) is 31.2 Å². The third-order valence-electron chi connectivity index (χ3n) is 2.32. The van der Waals surface area contributed by atoms with Crippen LogP contribution in [-0.2, 0) is 5.41 Å². The largest absolute Gasteiger partial charge is 0.370 e. The van der Waals surface area contributed by atoms with Crippen LogP contribution >= 0.6 is 0 Å². The molecule has 3 heteroatoms. The molecule has 0 fully saturated rings. The van der Waals surface area contributed by atoms with Crippen molar-refractivity contribution in [1.29, 1.82) is 0 Å². The molecule has 1 aromatic heterocycles. The van der Waals surface area contributed by atoms with Gasteiger partial charge in [-0.1, -0.05) is 25.9 Å². The van der Waals surface area contributed by atoms with Gasteiger partial charge < -0.3 is 9.84 Å². The maximum Gasteiger partial charge on any atom is 0.169 e. The van der Waals surface area contributed by atoms with Crippen molar-refractivity contribution in [1.82, 2.24) is 5.16 Å². The molecule has 0 saturated heterocycles. The second kappa shape index (κ2) is 3.17. The Morgan fingerprint density at radius 2 is 2.25 bits per heavy atom. The predicted molar refractivity (Wildman–Crippen MR) is 49.4 cm³/mol. The van der Waals surface area contributed by atoms with Crippen molar-refractivity contribution in [2.45, 2.75) is 32.6 Å². The average Bonchev–Trinajstić information content (AvgIpc) is 2.52. The third kappa shape index (κ3) is 1.60. The fourth-order valence-corrected chi connectivity index (χ4v) is 0.886. The number of nitrogens with one attached hydrogen (secondary N) is 1. The van der Waals surface area contributed by atoms with Crippen LogP contribution in [0.25, 0.3) is 0 Å². The lowest BCUT2D eigenvalue weighted by molar-refractivity contribution is 0.312. The quantitative estimate of drug-likeness (QED) is 0.753. The van der Waals surface area contributed by atoms with Crippen molar-refractivity contribution in [3.63, 3.8) is 0 Å². The molecule has 1 rings (SSSR count). The molecule has 0 aliphatic heterocycles. The summed E-state index contributed by atoms with van der Waals surface area (Å²) in [4.78, 5) is 0. The van der Waals surface area contributed by atoms with Crippen LogP contribution in [0.5, 0.6) is 0 Å². The Balaban J connectivity index is 2.88. The van der Waals surface area contributed by atoms with E-state index in [0.29, 0.717) is 0 Å². The van der Waals surface area contributed by atoms with Crippen molar-refractivity contribution in [3.05, 3.63) is 11.8 Å². The molecule has 3 nitrogen and oxygen atoms in total. The van der Waals surface area contributed by atoms with Crippen LogP contribution in [0.4, 0.5) is 5.82 Å². The smallest absolute Gasteiger partial charge is 0.169 e. The molecular weight excluding hydrogens is 152 g/mol. The van der Waals surface area contributed by atoms with Gasteiger partial charge >= 0.3 is 0 Å². The average molecular weight is 168 g/mol.